The molecule has 0 aromatic heterocycles. The minimum atomic E-state index is 0.0508. The number of nitrogens with zero attached hydrogens (tertiary/aromatic N) is 2. The highest BCUT2D eigenvalue weighted by Crippen LogP contribution is 2.29. The molecule has 0 saturated heterocycles. The maximum Gasteiger partial charge on any atom is 0.156 e. The molecule has 0 bridgehead atoms. The standard InChI is InChI=1S/C10H21N3O/c1-7(2)6-13(9-4-5-9)8(3)10(11)12-14/h7-9,14H,4-6H2,1-3H3,(H2,11,12). The van der Waals surface area contributed by atoms with E-state index in [4.69, 9.17) is 10.9 Å². The van der Waals surface area contributed by atoms with Gasteiger partial charge in [0.05, 0.1) is 6.04 Å². The molecule has 0 aromatic carbocycles. The van der Waals surface area contributed by atoms with Gasteiger partial charge in [0.1, 0.15) is 0 Å². The van der Waals surface area contributed by atoms with Crippen LogP contribution in [0.4, 0.5) is 0 Å². The average Bonchev–Trinajstić information content (AvgIpc) is 2.94. The Morgan fingerprint density at radius 1 is 1.50 bits per heavy atom. The lowest BCUT2D eigenvalue weighted by molar-refractivity contribution is 0.209. The molecule has 0 amide bonds. The summed E-state index contributed by atoms with van der Waals surface area (Å²) in [6.07, 6.45) is 2.49. The molecule has 0 radical (unpaired) electrons. The summed E-state index contributed by atoms with van der Waals surface area (Å²) in [5, 5.41) is 11.7. The maximum absolute atomic E-state index is 8.63. The summed E-state index contributed by atoms with van der Waals surface area (Å²) in [5.74, 6) is 0.932. The molecule has 1 aliphatic carbocycles. The van der Waals surface area contributed by atoms with Crippen LogP contribution >= 0.6 is 0 Å². The molecule has 0 heterocycles. The summed E-state index contributed by atoms with van der Waals surface area (Å²) < 4.78 is 0. The average molecular weight is 199 g/mol. The molecule has 0 spiro atoms. The van der Waals surface area contributed by atoms with E-state index >= 15 is 0 Å². The molecule has 1 unspecified atom stereocenters. The van der Waals surface area contributed by atoms with Crippen LogP contribution in [0.2, 0.25) is 0 Å². The second-order valence-electron chi connectivity index (χ2n) is 4.52. The summed E-state index contributed by atoms with van der Waals surface area (Å²) in [7, 11) is 0. The Hall–Kier alpha value is -0.770. The molecule has 82 valence electrons. The van der Waals surface area contributed by atoms with Gasteiger partial charge in [-0.1, -0.05) is 19.0 Å². The van der Waals surface area contributed by atoms with E-state index in [9.17, 15) is 0 Å². The van der Waals surface area contributed by atoms with Crippen molar-refractivity contribution in [1.82, 2.24) is 4.90 Å². The van der Waals surface area contributed by atoms with Crippen molar-refractivity contribution < 1.29 is 5.21 Å². The molecular formula is C10H21N3O. The number of oxime groups is 1. The number of rotatable bonds is 5. The maximum atomic E-state index is 8.63. The van der Waals surface area contributed by atoms with Gasteiger partial charge in [-0.3, -0.25) is 4.90 Å². The van der Waals surface area contributed by atoms with E-state index in [0.29, 0.717) is 17.8 Å². The zero-order chi connectivity index (χ0) is 10.7. The van der Waals surface area contributed by atoms with Crippen LogP contribution in [-0.4, -0.2) is 34.6 Å². The van der Waals surface area contributed by atoms with E-state index in [2.05, 4.69) is 23.9 Å². The van der Waals surface area contributed by atoms with Crippen molar-refractivity contribution in [3.8, 4) is 0 Å². The third-order valence-corrected chi connectivity index (χ3v) is 2.63. The number of hydrogen-bond donors (Lipinski definition) is 2. The van der Waals surface area contributed by atoms with Crippen molar-refractivity contribution in [3.63, 3.8) is 0 Å². The van der Waals surface area contributed by atoms with Crippen molar-refractivity contribution in [1.29, 1.82) is 0 Å². The second kappa shape index (κ2) is 4.64. The Morgan fingerprint density at radius 2 is 2.07 bits per heavy atom. The van der Waals surface area contributed by atoms with Crippen LogP contribution in [-0.2, 0) is 0 Å². The Balaban J connectivity index is 2.57. The molecule has 4 heteroatoms. The van der Waals surface area contributed by atoms with E-state index in [-0.39, 0.29) is 6.04 Å². The van der Waals surface area contributed by atoms with Crippen molar-refractivity contribution in [2.45, 2.75) is 45.7 Å². The predicted molar refractivity (Wildman–Crippen MR) is 57.4 cm³/mol. The second-order valence-corrected chi connectivity index (χ2v) is 4.52. The third kappa shape index (κ3) is 2.87. The Morgan fingerprint density at radius 3 is 2.43 bits per heavy atom. The third-order valence-electron chi connectivity index (χ3n) is 2.63. The highest BCUT2D eigenvalue weighted by atomic mass is 16.4. The fourth-order valence-corrected chi connectivity index (χ4v) is 1.70. The SMILES string of the molecule is CC(C)CN(C1CC1)C(C)C(N)=NO. The van der Waals surface area contributed by atoms with Crippen LogP contribution < -0.4 is 5.73 Å². The van der Waals surface area contributed by atoms with Gasteiger partial charge in [0.25, 0.3) is 0 Å². The summed E-state index contributed by atoms with van der Waals surface area (Å²) in [5.41, 5.74) is 5.62. The van der Waals surface area contributed by atoms with Crippen molar-refractivity contribution >= 4 is 5.84 Å². The van der Waals surface area contributed by atoms with Gasteiger partial charge < -0.3 is 10.9 Å². The highest BCUT2D eigenvalue weighted by molar-refractivity contribution is 5.84. The Kier molecular flexibility index (Phi) is 3.75. The monoisotopic (exact) mass is 199 g/mol. The van der Waals surface area contributed by atoms with E-state index < -0.39 is 0 Å². The molecule has 0 aliphatic heterocycles. The fourth-order valence-electron chi connectivity index (χ4n) is 1.70. The van der Waals surface area contributed by atoms with Gasteiger partial charge >= 0.3 is 0 Å². The summed E-state index contributed by atoms with van der Waals surface area (Å²) >= 11 is 0. The van der Waals surface area contributed by atoms with E-state index in [1.165, 1.54) is 12.8 Å². The van der Waals surface area contributed by atoms with Gasteiger partial charge in [0, 0.05) is 12.6 Å². The van der Waals surface area contributed by atoms with Crippen LogP contribution in [0.5, 0.6) is 0 Å². The van der Waals surface area contributed by atoms with E-state index in [1.54, 1.807) is 0 Å². The topological polar surface area (TPSA) is 61.8 Å². The summed E-state index contributed by atoms with van der Waals surface area (Å²) in [4.78, 5) is 2.33. The zero-order valence-corrected chi connectivity index (χ0v) is 9.27. The first-order valence-electron chi connectivity index (χ1n) is 5.29. The summed E-state index contributed by atoms with van der Waals surface area (Å²) in [6, 6.07) is 0.697. The molecule has 14 heavy (non-hydrogen) atoms. The minimum absolute atomic E-state index is 0.0508. The van der Waals surface area contributed by atoms with Gasteiger partial charge in [0.2, 0.25) is 0 Å². The predicted octanol–water partition coefficient (Wildman–Crippen LogP) is 1.24. The molecule has 1 atom stereocenters. The molecule has 3 N–H and O–H groups in total. The Labute approximate surface area is 85.8 Å². The smallest absolute Gasteiger partial charge is 0.156 e. The molecule has 1 rings (SSSR count). The van der Waals surface area contributed by atoms with Crippen LogP contribution in [0.15, 0.2) is 5.16 Å². The molecule has 1 fully saturated rings. The van der Waals surface area contributed by atoms with Gasteiger partial charge in [-0.05, 0) is 25.7 Å². The minimum Gasteiger partial charge on any atom is -0.409 e. The number of hydrogen-bond acceptors (Lipinski definition) is 3. The number of amidine groups is 1. The quantitative estimate of drug-likeness (QED) is 0.303. The Bertz CT molecular complexity index is 211. The van der Waals surface area contributed by atoms with Crippen LogP contribution in [0.25, 0.3) is 0 Å². The molecule has 4 nitrogen and oxygen atoms in total. The molecule has 0 aromatic rings. The summed E-state index contributed by atoms with van der Waals surface area (Å²) in [6.45, 7) is 7.39. The van der Waals surface area contributed by atoms with Crippen LogP contribution in [0.3, 0.4) is 0 Å². The largest absolute Gasteiger partial charge is 0.409 e. The first kappa shape index (κ1) is 11.3. The van der Waals surface area contributed by atoms with E-state index in [0.717, 1.165) is 6.54 Å². The van der Waals surface area contributed by atoms with Gasteiger partial charge in [-0.25, -0.2) is 0 Å². The van der Waals surface area contributed by atoms with Gasteiger partial charge in [-0.2, -0.15) is 0 Å². The van der Waals surface area contributed by atoms with Crippen molar-refractivity contribution in [2.24, 2.45) is 16.8 Å². The van der Waals surface area contributed by atoms with Gasteiger partial charge in [-0.15, -0.1) is 0 Å². The van der Waals surface area contributed by atoms with Crippen molar-refractivity contribution in [2.75, 3.05) is 6.54 Å². The molecule has 1 aliphatic rings. The van der Waals surface area contributed by atoms with Crippen LogP contribution in [0.1, 0.15) is 33.6 Å². The van der Waals surface area contributed by atoms with Crippen LogP contribution in [0, 0.1) is 5.92 Å². The first-order chi connectivity index (χ1) is 6.56. The first-order valence-corrected chi connectivity index (χ1v) is 5.29. The normalized spacial score (nSPS) is 20.5. The molecular weight excluding hydrogens is 178 g/mol. The zero-order valence-electron chi connectivity index (χ0n) is 9.27. The lowest BCUT2D eigenvalue weighted by Crippen LogP contribution is -2.45. The van der Waals surface area contributed by atoms with Crippen molar-refractivity contribution in [3.05, 3.63) is 0 Å². The number of nitrogens with two attached hydrogens (primary N) is 1. The van der Waals surface area contributed by atoms with Gasteiger partial charge in [0.15, 0.2) is 5.84 Å². The highest BCUT2D eigenvalue weighted by Gasteiger charge is 2.33. The lowest BCUT2D eigenvalue weighted by atomic mass is 10.1. The van der Waals surface area contributed by atoms with E-state index in [1.807, 2.05) is 6.92 Å². The molecule has 1 saturated carbocycles. The fraction of sp³-hybridized carbons (Fsp3) is 0.900. The lowest BCUT2D eigenvalue weighted by Gasteiger charge is -2.29.